The molecule has 1 fully saturated rings. The zero-order valence-electron chi connectivity index (χ0n) is 12.2. The van der Waals surface area contributed by atoms with E-state index in [1.165, 1.54) is 25.9 Å². The van der Waals surface area contributed by atoms with E-state index in [1.807, 2.05) is 0 Å². The lowest BCUT2D eigenvalue weighted by molar-refractivity contribution is 0.0256. The van der Waals surface area contributed by atoms with Gasteiger partial charge in [0.25, 0.3) is 0 Å². The van der Waals surface area contributed by atoms with Crippen LogP contribution in [0.2, 0.25) is 0 Å². The maximum atomic E-state index is 9.74. The summed E-state index contributed by atoms with van der Waals surface area (Å²) in [5.41, 5.74) is 0. The first kappa shape index (κ1) is 15.9. The van der Waals surface area contributed by atoms with Gasteiger partial charge in [-0.2, -0.15) is 0 Å². The zero-order chi connectivity index (χ0) is 13.4. The highest BCUT2D eigenvalue weighted by atomic mass is 16.5. The molecule has 2 N–H and O–H groups in total. The molecule has 1 rings (SSSR count). The largest absolute Gasteiger partial charge is 0.389 e. The number of ether oxygens (including phenoxy) is 1. The molecular weight excluding hydrogens is 228 g/mol. The molecule has 2 unspecified atom stereocenters. The average molecular weight is 258 g/mol. The molecule has 1 saturated heterocycles. The molecule has 0 aromatic carbocycles. The van der Waals surface area contributed by atoms with E-state index in [-0.39, 0.29) is 0 Å². The Kier molecular flexibility index (Phi) is 7.82. The Bertz CT molecular complexity index is 206. The van der Waals surface area contributed by atoms with Crippen molar-refractivity contribution >= 4 is 0 Å². The average Bonchev–Trinajstić information content (AvgIpc) is 2.81. The van der Waals surface area contributed by atoms with Crippen LogP contribution in [0.25, 0.3) is 0 Å². The van der Waals surface area contributed by atoms with Crippen molar-refractivity contribution in [1.29, 1.82) is 0 Å². The summed E-state index contributed by atoms with van der Waals surface area (Å²) in [6.45, 7) is 11.7. The summed E-state index contributed by atoms with van der Waals surface area (Å²) < 4.78 is 5.41. The fourth-order valence-corrected chi connectivity index (χ4v) is 2.27. The molecule has 0 aromatic rings. The van der Waals surface area contributed by atoms with E-state index in [0.717, 1.165) is 13.2 Å². The molecular formula is C14H30N2O2. The normalized spacial score (nSPS) is 20.5. The molecule has 0 amide bonds. The van der Waals surface area contributed by atoms with Crippen molar-refractivity contribution in [2.24, 2.45) is 5.92 Å². The highest BCUT2D eigenvalue weighted by Gasteiger charge is 2.17. The number of hydrogen-bond donors (Lipinski definition) is 2. The van der Waals surface area contributed by atoms with Gasteiger partial charge in [-0.15, -0.1) is 0 Å². The van der Waals surface area contributed by atoms with Crippen molar-refractivity contribution in [2.75, 3.05) is 39.4 Å². The highest BCUT2D eigenvalue weighted by molar-refractivity contribution is 4.75. The minimum atomic E-state index is -0.394. The molecule has 0 radical (unpaired) electrons. The van der Waals surface area contributed by atoms with Gasteiger partial charge in [-0.3, -0.25) is 4.90 Å². The number of nitrogens with one attached hydrogen (secondary N) is 1. The van der Waals surface area contributed by atoms with E-state index < -0.39 is 6.10 Å². The van der Waals surface area contributed by atoms with E-state index in [2.05, 4.69) is 31.0 Å². The van der Waals surface area contributed by atoms with Crippen molar-refractivity contribution in [3.05, 3.63) is 0 Å². The third-order valence-electron chi connectivity index (χ3n) is 3.35. The number of likely N-dealkylation sites (tertiary alicyclic amines) is 1. The summed E-state index contributed by atoms with van der Waals surface area (Å²) in [4.78, 5) is 2.51. The summed E-state index contributed by atoms with van der Waals surface area (Å²) in [5, 5.41) is 13.1. The Labute approximate surface area is 112 Å². The molecule has 2 atom stereocenters. The Morgan fingerprint density at radius 3 is 2.39 bits per heavy atom. The second-order valence-corrected chi connectivity index (χ2v) is 5.84. The van der Waals surface area contributed by atoms with Crippen LogP contribution in [0.4, 0.5) is 0 Å². The van der Waals surface area contributed by atoms with Gasteiger partial charge in [0.1, 0.15) is 0 Å². The summed E-state index contributed by atoms with van der Waals surface area (Å²) >= 11 is 0. The lowest BCUT2D eigenvalue weighted by Crippen LogP contribution is -2.41. The first-order valence-electron chi connectivity index (χ1n) is 7.30. The minimum absolute atomic E-state index is 0.394. The van der Waals surface area contributed by atoms with E-state index in [1.54, 1.807) is 0 Å². The summed E-state index contributed by atoms with van der Waals surface area (Å²) in [6.07, 6.45) is 2.26. The Hall–Kier alpha value is -0.160. The van der Waals surface area contributed by atoms with Crippen molar-refractivity contribution < 1.29 is 9.84 Å². The predicted molar refractivity (Wildman–Crippen MR) is 74.8 cm³/mol. The van der Waals surface area contributed by atoms with E-state index >= 15 is 0 Å². The Morgan fingerprint density at radius 2 is 1.78 bits per heavy atom. The van der Waals surface area contributed by atoms with Gasteiger partial charge in [-0.1, -0.05) is 13.8 Å². The number of rotatable bonds is 9. The Balaban J connectivity index is 1.98. The summed E-state index contributed by atoms with van der Waals surface area (Å²) in [6, 6.07) is 0.566. The van der Waals surface area contributed by atoms with Crippen LogP contribution in [-0.4, -0.2) is 61.5 Å². The topological polar surface area (TPSA) is 44.7 Å². The van der Waals surface area contributed by atoms with Gasteiger partial charge in [0.05, 0.1) is 12.7 Å². The van der Waals surface area contributed by atoms with Crippen LogP contribution in [0.1, 0.15) is 33.6 Å². The maximum Gasteiger partial charge on any atom is 0.0897 e. The van der Waals surface area contributed by atoms with Crippen LogP contribution in [0.3, 0.4) is 0 Å². The molecule has 4 nitrogen and oxygen atoms in total. The smallest absolute Gasteiger partial charge is 0.0897 e. The lowest BCUT2D eigenvalue weighted by Gasteiger charge is -2.24. The summed E-state index contributed by atoms with van der Waals surface area (Å²) in [7, 11) is 0. The zero-order valence-corrected chi connectivity index (χ0v) is 12.2. The standard InChI is InChI=1S/C14H30N2O2/c1-12(2)10-18-11-14(17)9-15-8-13(3)16-6-4-5-7-16/h12-15,17H,4-11H2,1-3H3. The number of aliphatic hydroxyl groups excluding tert-OH is 1. The monoisotopic (exact) mass is 258 g/mol. The van der Waals surface area contributed by atoms with Crippen molar-refractivity contribution in [3.63, 3.8) is 0 Å². The first-order valence-corrected chi connectivity index (χ1v) is 7.30. The fraction of sp³-hybridized carbons (Fsp3) is 1.00. The highest BCUT2D eigenvalue weighted by Crippen LogP contribution is 2.10. The summed E-state index contributed by atoms with van der Waals surface area (Å²) in [5.74, 6) is 0.528. The second kappa shape index (κ2) is 8.86. The Morgan fingerprint density at radius 1 is 1.11 bits per heavy atom. The van der Waals surface area contributed by atoms with Gasteiger partial charge in [0, 0.05) is 25.7 Å². The van der Waals surface area contributed by atoms with Gasteiger partial charge in [-0.25, -0.2) is 0 Å². The van der Waals surface area contributed by atoms with E-state index in [4.69, 9.17) is 4.74 Å². The molecule has 1 heterocycles. The van der Waals surface area contributed by atoms with Crippen molar-refractivity contribution in [2.45, 2.75) is 45.8 Å². The molecule has 0 aromatic heterocycles. The third kappa shape index (κ3) is 6.69. The van der Waals surface area contributed by atoms with Gasteiger partial charge in [0.15, 0.2) is 0 Å². The molecule has 4 heteroatoms. The van der Waals surface area contributed by atoms with Crippen LogP contribution in [-0.2, 0) is 4.74 Å². The molecule has 0 saturated carbocycles. The molecule has 1 aliphatic heterocycles. The van der Waals surface area contributed by atoms with Crippen LogP contribution in [0.15, 0.2) is 0 Å². The van der Waals surface area contributed by atoms with E-state index in [0.29, 0.717) is 25.1 Å². The van der Waals surface area contributed by atoms with Gasteiger partial charge >= 0.3 is 0 Å². The predicted octanol–water partition coefficient (Wildman–Crippen LogP) is 1.09. The SMILES string of the molecule is CC(C)COCC(O)CNCC(C)N1CCCC1. The molecule has 0 spiro atoms. The number of hydrogen-bond acceptors (Lipinski definition) is 4. The van der Waals surface area contributed by atoms with Crippen LogP contribution in [0.5, 0.6) is 0 Å². The third-order valence-corrected chi connectivity index (χ3v) is 3.35. The van der Waals surface area contributed by atoms with Gasteiger partial charge in [0.2, 0.25) is 0 Å². The fourth-order valence-electron chi connectivity index (χ4n) is 2.27. The van der Waals surface area contributed by atoms with Crippen LogP contribution >= 0.6 is 0 Å². The maximum absolute atomic E-state index is 9.74. The molecule has 1 aliphatic rings. The van der Waals surface area contributed by atoms with Crippen molar-refractivity contribution in [1.82, 2.24) is 10.2 Å². The number of aliphatic hydroxyl groups is 1. The van der Waals surface area contributed by atoms with Gasteiger partial charge in [-0.05, 0) is 38.8 Å². The van der Waals surface area contributed by atoms with Gasteiger partial charge < -0.3 is 15.2 Å². The molecule has 0 aliphatic carbocycles. The van der Waals surface area contributed by atoms with Crippen LogP contribution in [0, 0.1) is 5.92 Å². The lowest BCUT2D eigenvalue weighted by atomic mass is 10.2. The molecule has 0 bridgehead atoms. The first-order chi connectivity index (χ1) is 8.59. The molecule has 108 valence electrons. The van der Waals surface area contributed by atoms with Crippen LogP contribution < -0.4 is 5.32 Å². The number of nitrogens with zero attached hydrogens (tertiary/aromatic N) is 1. The second-order valence-electron chi connectivity index (χ2n) is 5.84. The quantitative estimate of drug-likeness (QED) is 0.650. The minimum Gasteiger partial charge on any atom is -0.389 e. The van der Waals surface area contributed by atoms with Crippen molar-refractivity contribution in [3.8, 4) is 0 Å². The van der Waals surface area contributed by atoms with E-state index in [9.17, 15) is 5.11 Å². The molecule has 18 heavy (non-hydrogen) atoms.